The van der Waals surface area contributed by atoms with E-state index in [9.17, 15) is 9.90 Å². The molecule has 0 bridgehead atoms. The molecule has 0 amide bonds. The number of carbonyl (C=O) groups is 1. The molecule has 0 spiro atoms. The molecule has 0 saturated carbocycles. The molecule has 3 rings (SSSR count). The molecule has 0 aliphatic heterocycles. The number of fused-ring (bicyclic) bond motifs is 1. The maximum absolute atomic E-state index is 12.1. The van der Waals surface area contributed by atoms with Crippen LogP contribution < -0.4 is 0 Å². The van der Waals surface area contributed by atoms with E-state index in [2.05, 4.69) is 76.2 Å². The Hall–Kier alpha value is -2.29. The number of hydrogen-bond acceptors (Lipinski definition) is 3. The first-order valence-electron chi connectivity index (χ1n) is 13.8. The van der Waals surface area contributed by atoms with Crippen molar-refractivity contribution in [2.24, 2.45) is 22.7 Å². The van der Waals surface area contributed by atoms with Crippen LogP contribution in [-0.4, -0.2) is 15.9 Å². The maximum Gasteiger partial charge on any atom is 0.164 e. The van der Waals surface area contributed by atoms with Gasteiger partial charge in [-0.3, -0.25) is 9.78 Å². The first-order chi connectivity index (χ1) is 17.5. The number of benzene rings is 2. The van der Waals surface area contributed by atoms with Gasteiger partial charge >= 0.3 is 0 Å². The number of aryl methyl sites for hydroxylation is 2. The standard InChI is InChI=1S/C20H20N.C15H28O2.Ir/c1-13(2)18-12-20(16-10-14(3)9-15(4)11-16)21-19-8-6-5-7-17(18)19;1-10(2)14(5,6)12(16)9-13(17)15(7,8)11(3)4;/h5-10,12-13H,1-4H3;9-11,16H,1-8H3;/q-1;;/b;12-9-;. The summed E-state index contributed by atoms with van der Waals surface area (Å²) in [6.45, 7) is 24.6. The third-order valence-corrected chi connectivity index (χ3v) is 8.24. The topological polar surface area (TPSA) is 50.2 Å². The Kier molecular flexibility index (Phi) is 12.3. The Morgan fingerprint density at radius 1 is 0.897 bits per heavy atom. The Labute approximate surface area is 250 Å². The fourth-order valence-electron chi connectivity index (χ4n) is 3.93. The average molecular weight is 707 g/mol. The molecule has 1 aromatic heterocycles. The van der Waals surface area contributed by atoms with Crippen LogP contribution in [-0.2, 0) is 24.9 Å². The van der Waals surface area contributed by atoms with Gasteiger partial charge in [0.2, 0.25) is 0 Å². The summed E-state index contributed by atoms with van der Waals surface area (Å²) in [5.74, 6) is 1.20. The molecular formula is C35H48IrNO2-. The molecule has 39 heavy (non-hydrogen) atoms. The van der Waals surface area contributed by atoms with Crippen molar-refractivity contribution in [1.29, 1.82) is 0 Å². The minimum atomic E-state index is -0.430. The second-order valence-corrected chi connectivity index (χ2v) is 12.7. The van der Waals surface area contributed by atoms with Gasteiger partial charge in [0.25, 0.3) is 0 Å². The Morgan fingerprint density at radius 2 is 1.46 bits per heavy atom. The maximum atomic E-state index is 12.1. The number of aromatic nitrogens is 1. The number of para-hydroxylation sites is 1. The minimum Gasteiger partial charge on any atom is -0.512 e. The molecular weight excluding hydrogens is 659 g/mol. The van der Waals surface area contributed by atoms with Crippen molar-refractivity contribution in [3.8, 4) is 11.3 Å². The minimum absolute atomic E-state index is 0. The van der Waals surface area contributed by atoms with Crippen LogP contribution in [0.1, 0.15) is 91.8 Å². The van der Waals surface area contributed by atoms with Gasteiger partial charge < -0.3 is 5.11 Å². The van der Waals surface area contributed by atoms with Gasteiger partial charge in [0, 0.05) is 42.4 Å². The monoisotopic (exact) mass is 707 g/mol. The van der Waals surface area contributed by atoms with Crippen LogP contribution >= 0.6 is 0 Å². The smallest absolute Gasteiger partial charge is 0.164 e. The van der Waals surface area contributed by atoms with E-state index in [1.807, 2.05) is 55.4 Å². The molecule has 0 aliphatic rings. The number of pyridine rings is 1. The zero-order valence-electron chi connectivity index (χ0n) is 26.0. The summed E-state index contributed by atoms with van der Waals surface area (Å²) in [7, 11) is 0. The van der Waals surface area contributed by atoms with Gasteiger partial charge in [-0.25, -0.2) is 0 Å². The number of aliphatic hydroxyl groups excluding tert-OH is 1. The summed E-state index contributed by atoms with van der Waals surface area (Å²) in [5, 5.41) is 11.4. The van der Waals surface area contributed by atoms with Gasteiger partial charge in [0.1, 0.15) is 5.76 Å². The Morgan fingerprint density at radius 3 is 1.97 bits per heavy atom. The number of aliphatic hydroxyl groups is 1. The normalized spacial score (nSPS) is 12.4. The number of nitrogens with zero attached hydrogens (tertiary/aromatic N) is 1. The van der Waals surface area contributed by atoms with E-state index < -0.39 is 5.41 Å². The van der Waals surface area contributed by atoms with Crippen molar-refractivity contribution in [3.05, 3.63) is 77.1 Å². The van der Waals surface area contributed by atoms with E-state index in [1.165, 1.54) is 22.6 Å². The van der Waals surface area contributed by atoms with E-state index in [1.54, 1.807) is 0 Å². The molecule has 3 aromatic rings. The number of ketones is 1. The van der Waals surface area contributed by atoms with Gasteiger partial charge in [-0.05, 0) is 35.1 Å². The molecule has 0 saturated heterocycles. The molecule has 1 heterocycles. The summed E-state index contributed by atoms with van der Waals surface area (Å²) in [4.78, 5) is 17.0. The molecule has 0 aliphatic carbocycles. The van der Waals surface area contributed by atoms with Crippen LogP contribution in [0.4, 0.5) is 0 Å². The molecule has 215 valence electrons. The van der Waals surface area contributed by atoms with Crippen molar-refractivity contribution >= 4 is 16.7 Å². The number of carbonyl (C=O) groups excluding carboxylic acids is 1. The molecule has 1 N–H and O–H groups in total. The van der Waals surface area contributed by atoms with Crippen molar-refractivity contribution < 1.29 is 30.0 Å². The van der Waals surface area contributed by atoms with Crippen molar-refractivity contribution in [3.63, 3.8) is 0 Å². The Bertz CT molecular complexity index is 1280. The first kappa shape index (κ1) is 34.7. The van der Waals surface area contributed by atoms with E-state index in [-0.39, 0.29) is 48.9 Å². The van der Waals surface area contributed by atoms with Crippen LogP contribution in [0.5, 0.6) is 0 Å². The van der Waals surface area contributed by atoms with Crippen LogP contribution in [0.25, 0.3) is 22.2 Å². The quantitative estimate of drug-likeness (QED) is 0.151. The molecule has 0 unspecified atom stereocenters. The summed E-state index contributed by atoms with van der Waals surface area (Å²) < 4.78 is 0. The van der Waals surface area contributed by atoms with Crippen LogP contribution in [0.3, 0.4) is 0 Å². The molecule has 3 nitrogen and oxygen atoms in total. The second-order valence-electron chi connectivity index (χ2n) is 12.7. The van der Waals surface area contributed by atoms with Crippen LogP contribution in [0.2, 0.25) is 0 Å². The van der Waals surface area contributed by atoms with E-state index >= 15 is 0 Å². The number of rotatable bonds is 7. The fraction of sp³-hybridized carbons (Fsp3) is 0.486. The number of hydrogen-bond donors (Lipinski definition) is 1. The third kappa shape index (κ3) is 8.60. The average Bonchev–Trinajstić information content (AvgIpc) is 2.82. The zero-order valence-corrected chi connectivity index (χ0v) is 28.4. The predicted octanol–water partition coefficient (Wildman–Crippen LogP) is 9.80. The van der Waals surface area contributed by atoms with Crippen molar-refractivity contribution in [2.45, 2.75) is 89.0 Å². The molecule has 2 aromatic carbocycles. The van der Waals surface area contributed by atoms with Gasteiger partial charge in [-0.1, -0.05) is 107 Å². The summed E-state index contributed by atoms with van der Waals surface area (Å²) in [6, 6.07) is 18.3. The van der Waals surface area contributed by atoms with Crippen LogP contribution in [0.15, 0.2) is 54.3 Å². The van der Waals surface area contributed by atoms with Gasteiger partial charge in [0.05, 0.1) is 5.52 Å². The first-order valence-corrected chi connectivity index (χ1v) is 13.8. The van der Waals surface area contributed by atoms with Gasteiger partial charge in [-0.2, -0.15) is 0 Å². The SMILES string of the molecule is CC(C)C(C)(C)C(=O)/C=C(\O)C(C)(C)C(C)C.Cc1[c-]c(-c2cc(C(C)C)c3ccccc3n2)cc(C)c1.[Ir]. The molecule has 0 atom stereocenters. The van der Waals surface area contributed by atoms with E-state index in [0.29, 0.717) is 5.92 Å². The summed E-state index contributed by atoms with van der Waals surface area (Å²) in [6.07, 6.45) is 1.42. The zero-order chi connectivity index (χ0) is 29.0. The fourth-order valence-corrected chi connectivity index (χ4v) is 3.93. The molecule has 0 fully saturated rings. The van der Waals surface area contributed by atoms with Crippen molar-refractivity contribution in [2.75, 3.05) is 0 Å². The Balaban J connectivity index is 0.000000391. The molecule has 1 radical (unpaired) electrons. The van der Waals surface area contributed by atoms with Gasteiger partial charge in [0.15, 0.2) is 5.78 Å². The second kappa shape index (κ2) is 13.9. The van der Waals surface area contributed by atoms with E-state index in [4.69, 9.17) is 4.98 Å². The predicted molar refractivity (Wildman–Crippen MR) is 163 cm³/mol. The summed E-state index contributed by atoms with van der Waals surface area (Å²) in [5.41, 5.74) is 6.14. The third-order valence-electron chi connectivity index (χ3n) is 8.24. The van der Waals surface area contributed by atoms with Gasteiger partial charge in [-0.15, -0.1) is 34.9 Å². The van der Waals surface area contributed by atoms with Crippen molar-refractivity contribution in [1.82, 2.24) is 4.98 Å². The largest absolute Gasteiger partial charge is 0.512 e. The summed E-state index contributed by atoms with van der Waals surface area (Å²) >= 11 is 0. The molecule has 4 heteroatoms. The number of allylic oxidation sites excluding steroid dienone is 2. The van der Waals surface area contributed by atoms with E-state index in [0.717, 1.165) is 22.3 Å². The van der Waals surface area contributed by atoms with Crippen LogP contribution in [0, 0.1) is 42.6 Å².